The molecule has 4 aromatic rings. The molecule has 1 aromatic heterocycles. The Balaban J connectivity index is 1.43. The van der Waals surface area contributed by atoms with Gasteiger partial charge in [0.2, 0.25) is 5.78 Å². The van der Waals surface area contributed by atoms with Crippen molar-refractivity contribution in [3.63, 3.8) is 0 Å². The summed E-state index contributed by atoms with van der Waals surface area (Å²) in [6.45, 7) is 6.60. The smallest absolute Gasteiger partial charge is 0.203 e. The van der Waals surface area contributed by atoms with Crippen molar-refractivity contribution in [3.05, 3.63) is 83.2 Å². The summed E-state index contributed by atoms with van der Waals surface area (Å²) in [5.74, 6) is 1.73. The summed E-state index contributed by atoms with van der Waals surface area (Å²) in [6, 6.07) is 23.7. The number of piperidine rings is 1. The molecule has 1 fully saturated rings. The fraction of sp³-hybridized carbons (Fsp3) is 0.300. The zero-order valence-corrected chi connectivity index (χ0v) is 21.0. The average Bonchev–Trinajstić information content (AvgIpc) is 3.29. The van der Waals surface area contributed by atoms with Crippen LogP contribution in [-0.4, -0.2) is 43.5 Å². The van der Waals surface area contributed by atoms with Gasteiger partial charge in [0.15, 0.2) is 0 Å². The van der Waals surface area contributed by atoms with Crippen LogP contribution in [0.2, 0.25) is 0 Å². The number of hydrogen-bond donors (Lipinski definition) is 0. The van der Waals surface area contributed by atoms with Crippen LogP contribution in [0.3, 0.4) is 0 Å². The topological polar surface area (TPSA) is 38.8 Å². The number of thiophene rings is 1. The van der Waals surface area contributed by atoms with E-state index in [0.29, 0.717) is 18.8 Å². The predicted molar refractivity (Wildman–Crippen MR) is 144 cm³/mol. The normalized spacial score (nSPS) is 14.2. The number of ketones is 1. The number of fused-ring (bicyclic) bond motifs is 1. The Morgan fingerprint density at radius 3 is 2.37 bits per heavy atom. The number of carbonyl (C=O) groups is 1. The number of hydrogen-bond acceptors (Lipinski definition) is 5. The standard InChI is InChI=1S/C30H31NO3S/c1-2-33-25-15-16-26-27(21-25)35-30(29(32)23-9-5-3-6-10-23)28(26)22-11-13-24(14-12-22)34-20-19-31-17-7-4-8-18-31/h3,5-6,9-16,21H,2,4,7-8,17-20H2,1H3. The number of rotatable bonds is 9. The molecule has 4 nitrogen and oxygen atoms in total. The van der Waals surface area contributed by atoms with Gasteiger partial charge in [-0.25, -0.2) is 0 Å². The number of benzene rings is 3. The van der Waals surface area contributed by atoms with Gasteiger partial charge in [-0.05, 0) is 68.8 Å². The highest BCUT2D eigenvalue weighted by Gasteiger charge is 2.21. The molecule has 0 spiro atoms. The van der Waals surface area contributed by atoms with Crippen molar-refractivity contribution >= 4 is 27.2 Å². The quantitative estimate of drug-likeness (QED) is 0.238. The van der Waals surface area contributed by atoms with Gasteiger partial charge in [0.1, 0.15) is 18.1 Å². The zero-order valence-electron chi connectivity index (χ0n) is 20.2. The van der Waals surface area contributed by atoms with Crippen LogP contribution in [0.1, 0.15) is 41.4 Å². The Hall–Kier alpha value is -3.15. The first-order valence-electron chi connectivity index (χ1n) is 12.5. The van der Waals surface area contributed by atoms with Crippen LogP contribution < -0.4 is 9.47 Å². The summed E-state index contributed by atoms with van der Waals surface area (Å²) >= 11 is 1.53. The van der Waals surface area contributed by atoms with Gasteiger partial charge < -0.3 is 9.47 Å². The minimum absolute atomic E-state index is 0.0432. The molecule has 0 aliphatic carbocycles. The molecule has 5 rings (SSSR count). The summed E-state index contributed by atoms with van der Waals surface area (Å²) in [4.78, 5) is 16.8. The molecule has 5 heteroatoms. The second-order valence-electron chi connectivity index (χ2n) is 8.87. The molecule has 0 bridgehead atoms. The fourth-order valence-electron chi connectivity index (χ4n) is 4.69. The van der Waals surface area contributed by atoms with Crippen LogP contribution >= 0.6 is 11.3 Å². The summed E-state index contributed by atoms with van der Waals surface area (Å²) in [7, 11) is 0. The van der Waals surface area contributed by atoms with E-state index in [1.165, 1.54) is 43.7 Å². The van der Waals surface area contributed by atoms with E-state index in [9.17, 15) is 4.79 Å². The first kappa shape index (κ1) is 23.6. The van der Waals surface area contributed by atoms with Crippen LogP contribution in [0.15, 0.2) is 72.8 Å². The van der Waals surface area contributed by atoms with Crippen molar-refractivity contribution in [1.82, 2.24) is 4.90 Å². The van der Waals surface area contributed by atoms with E-state index in [-0.39, 0.29) is 5.78 Å². The Morgan fingerprint density at radius 2 is 1.63 bits per heavy atom. The lowest BCUT2D eigenvalue weighted by molar-refractivity contribution is 0.104. The molecule has 3 aromatic carbocycles. The van der Waals surface area contributed by atoms with Crippen molar-refractivity contribution in [2.45, 2.75) is 26.2 Å². The summed E-state index contributed by atoms with van der Waals surface area (Å²) in [6.07, 6.45) is 3.93. The maximum atomic E-state index is 13.5. The van der Waals surface area contributed by atoms with E-state index in [0.717, 1.165) is 44.1 Å². The summed E-state index contributed by atoms with van der Waals surface area (Å²) in [5, 5.41) is 1.07. The third kappa shape index (κ3) is 5.42. The van der Waals surface area contributed by atoms with Crippen LogP contribution in [0.25, 0.3) is 21.2 Å². The number of nitrogens with zero attached hydrogens (tertiary/aromatic N) is 1. The van der Waals surface area contributed by atoms with Crippen molar-refractivity contribution in [2.24, 2.45) is 0 Å². The minimum Gasteiger partial charge on any atom is -0.494 e. The Morgan fingerprint density at radius 1 is 0.886 bits per heavy atom. The lowest BCUT2D eigenvalue weighted by Crippen LogP contribution is -2.33. The molecule has 0 unspecified atom stereocenters. The number of carbonyl (C=O) groups excluding carboxylic acids is 1. The van der Waals surface area contributed by atoms with Crippen molar-refractivity contribution in [2.75, 3.05) is 32.8 Å². The average molecular weight is 486 g/mol. The van der Waals surface area contributed by atoms with E-state index in [2.05, 4.69) is 23.1 Å². The summed E-state index contributed by atoms with van der Waals surface area (Å²) in [5.41, 5.74) is 2.69. The van der Waals surface area contributed by atoms with Gasteiger partial charge in [-0.15, -0.1) is 11.3 Å². The molecule has 1 aliphatic rings. The molecule has 0 N–H and O–H groups in total. The Kier molecular flexibility index (Phi) is 7.45. The molecule has 1 aliphatic heterocycles. The third-order valence-corrected chi connectivity index (χ3v) is 7.63. The van der Waals surface area contributed by atoms with Crippen molar-refractivity contribution < 1.29 is 14.3 Å². The highest BCUT2D eigenvalue weighted by Crippen LogP contribution is 2.41. The van der Waals surface area contributed by atoms with Crippen LogP contribution in [0.4, 0.5) is 0 Å². The first-order chi connectivity index (χ1) is 17.2. The largest absolute Gasteiger partial charge is 0.494 e. The van der Waals surface area contributed by atoms with Crippen LogP contribution in [0.5, 0.6) is 11.5 Å². The first-order valence-corrected chi connectivity index (χ1v) is 13.3. The zero-order chi connectivity index (χ0) is 24.0. The number of ether oxygens (including phenoxy) is 2. The predicted octanol–water partition coefficient (Wildman–Crippen LogP) is 7.06. The molecule has 0 radical (unpaired) electrons. The fourth-order valence-corrected chi connectivity index (χ4v) is 5.91. The van der Waals surface area contributed by atoms with Gasteiger partial charge >= 0.3 is 0 Å². The van der Waals surface area contributed by atoms with Gasteiger partial charge in [-0.2, -0.15) is 0 Å². The second kappa shape index (κ2) is 11.1. The lowest BCUT2D eigenvalue weighted by atomic mass is 9.98. The molecule has 1 saturated heterocycles. The highest BCUT2D eigenvalue weighted by molar-refractivity contribution is 7.21. The Labute approximate surface area is 211 Å². The van der Waals surface area contributed by atoms with Crippen LogP contribution in [-0.2, 0) is 0 Å². The third-order valence-electron chi connectivity index (χ3n) is 6.48. The van der Waals surface area contributed by atoms with E-state index in [4.69, 9.17) is 9.47 Å². The molecular formula is C30H31NO3S. The second-order valence-corrected chi connectivity index (χ2v) is 9.92. The van der Waals surface area contributed by atoms with Crippen LogP contribution in [0, 0.1) is 0 Å². The highest BCUT2D eigenvalue weighted by atomic mass is 32.1. The van der Waals surface area contributed by atoms with E-state index < -0.39 is 0 Å². The number of likely N-dealkylation sites (tertiary alicyclic amines) is 1. The molecule has 180 valence electrons. The molecule has 0 saturated carbocycles. The maximum absolute atomic E-state index is 13.5. The van der Waals surface area contributed by atoms with Gasteiger partial charge in [0.25, 0.3) is 0 Å². The van der Waals surface area contributed by atoms with Gasteiger partial charge in [-0.3, -0.25) is 9.69 Å². The SMILES string of the molecule is CCOc1ccc2c(-c3ccc(OCCN4CCCCC4)cc3)c(C(=O)c3ccccc3)sc2c1. The minimum atomic E-state index is 0.0432. The van der Waals surface area contributed by atoms with Gasteiger partial charge in [0.05, 0.1) is 11.5 Å². The van der Waals surface area contributed by atoms with Crippen molar-refractivity contribution in [3.8, 4) is 22.6 Å². The molecule has 35 heavy (non-hydrogen) atoms. The summed E-state index contributed by atoms with van der Waals surface area (Å²) < 4.78 is 12.8. The molecule has 0 atom stereocenters. The van der Waals surface area contributed by atoms with E-state index in [1.807, 2.05) is 61.5 Å². The maximum Gasteiger partial charge on any atom is 0.203 e. The molecule has 0 amide bonds. The lowest BCUT2D eigenvalue weighted by Gasteiger charge is -2.26. The van der Waals surface area contributed by atoms with Gasteiger partial charge in [-0.1, -0.05) is 48.9 Å². The van der Waals surface area contributed by atoms with E-state index in [1.54, 1.807) is 0 Å². The van der Waals surface area contributed by atoms with E-state index >= 15 is 0 Å². The molecule has 2 heterocycles. The van der Waals surface area contributed by atoms with Crippen molar-refractivity contribution in [1.29, 1.82) is 0 Å². The van der Waals surface area contributed by atoms with Gasteiger partial charge in [0, 0.05) is 27.8 Å². The monoisotopic (exact) mass is 485 g/mol. The Bertz CT molecular complexity index is 1270. The molecular weight excluding hydrogens is 454 g/mol.